The fourth-order valence-electron chi connectivity index (χ4n) is 2.77. The smallest absolute Gasteiger partial charge is 0.249 e. The molecule has 2 heterocycles. The molecule has 0 bridgehead atoms. The quantitative estimate of drug-likeness (QED) is 0.686. The van der Waals surface area contributed by atoms with Crippen molar-refractivity contribution < 1.29 is 18.4 Å². The van der Waals surface area contributed by atoms with Gasteiger partial charge in [-0.05, 0) is 18.2 Å². The molecule has 3 rings (SSSR count). The molecule has 148 valence electrons. The predicted octanol–water partition coefficient (Wildman–Crippen LogP) is 3.78. The molecule has 0 atom stereocenters. The summed E-state index contributed by atoms with van der Waals surface area (Å²) >= 11 is 0. The summed E-state index contributed by atoms with van der Waals surface area (Å²) in [6.45, 7) is 3.42. The number of aromatic nitrogens is 2. The molecule has 0 saturated carbocycles. The Labute approximate surface area is 165 Å². The van der Waals surface area contributed by atoms with E-state index in [1.54, 1.807) is 13.8 Å². The van der Waals surface area contributed by atoms with Crippen LogP contribution in [-0.4, -0.2) is 21.8 Å². The number of halogens is 2. The maximum atomic E-state index is 14.2. The van der Waals surface area contributed by atoms with Gasteiger partial charge < -0.3 is 11.1 Å². The largest absolute Gasteiger partial charge is 0.366 e. The van der Waals surface area contributed by atoms with Gasteiger partial charge in [-0.2, -0.15) is 0 Å². The number of carbonyl (C=O) groups excluding carboxylic acids is 2. The topological polar surface area (TPSA) is 98.0 Å². The molecule has 1 aromatic carbocycles. The lowest BCUT2D eigenvalue weighted by Gasteiger charge is -2.15. The first-order valence-corrected chi connectivity index (χ1v) is 8.79. The van der Waals surface area contributed by atoms with Crippen LogP contribution in [0.2, 0.25) is 0 Å². The van der Waals surface area contributed by atoms with Crippen LogP contribution < -0.4 is 11.1 Å². The molecule has 2 aromatic heterocycles. The van der Waals surface area contributed by atoms with Crippen LogP contribution >= 0.6 is 0 Å². The van der Waals surface area contributed by atoms with Crippen molar-refractivity contribution in [2.24, 2.45) is 11.7 Å². The Bertz CT molecular complexity index is 1100. The fourth-order valence-corrected chi connectivity index (χ4v) is 2.77. The molecule has 0 aliphatic rings. The third-order valence-corrected chi connectivity index (χ3v) is 4.27. The van der Waals surface area contributed by atoms with Gasteiger partial charge in [0.2, 0.25) is 11.8 Å². The van der Waals surface area contributed by atoms with Gasteiger partial charge in [-0.3, -0.25) is 14.6 Å². The Morgan fingerprint density at radius 1 is 1.10 bits per heavy atom. The first-order valence-electron chi connectivity index (χ1n) is 8.79. The molecule has 0 spiro atoms. The molecule has 2 amide bonds. The molecular formula is C21H18F2N4O2. The highest BCUT2D eigenvalue weighted by Gasteiger charge is 2.20. The van der Waals surface area contributed by atoms with Gasteiger partial charge in [0.25, 0.3) is 0 Å². The number of benzene rings is 1. The van der Waals surface area contributed by atoms with Crippen LogP contribution in [0.4, 0.5) is 14.6 Å². The molecule has 0 fully saturated rings. The second-order valence-corrected chi connectivity index (χ2v) is 6.65. The van der Waals surface area contributed by atoms with Crippen molar-refractivity contribution in [2.45, 2.75) is 13.8 Å². The van der Waals surface area contributed by atoms with E-state index in [-0.39, 0.29) is 34.3 Å². The molecule has 0 aliphatic carbocycles. The summed E-state index contributed by atoms with van der Waals surface area (Å²) in [6.07, 6.45) is 4.15. The van der Waals surface area contributed by atoms with Crippen molar-refractivity contribution in [1.29, 1.82) is 0 Å². The van der Waals surface area contributed by atoms with Gasteiger partial charge in [0.15, 0.2) is 11.6 Å². The van der Waals surface area contributed by atoms with Crippen LogP contribution in [0.3, 0.4) is 0 Å². The van der Waals surface area contributed by atoms with Crippen molar-refractivity contribution in [1.82, 2.24) is 9.97 Å². The minimum Gasteiger partial charge on any atom is -0.366 e. The summed E-state index contributed by atoms with van der Waals surface area (Å²) in [4.78, 5) is 32.4. The molecule has 0 saturated heterocycles. The number of nitrogens with one attached hydrogen (secondary N) is 1. The molecule has 3 aromatic rings. The zero-order valence-electron chi connectivity index (χ0n) is 15.7. The molecule has 8 heteroatoms. The molecule has 0 radical (unpaired) electrons. The zero-order valence-corrected chi connectivity index (χ0v) is 15.7. The number of nitrogens with zero attached hydrogens (tertiary/aromatic N) is 2. The Kier molecular flexibility index (Phi) is 5.63. The predicted molar refractivity (Wildman–Crippen MR) is 105 cm³/mol. The summed E-state index contributed by atoms with van der Waals surface area (Å²) in [7, 11) is 0. The van der Waals surface area contributed by atoms with Crippen LogP contribution in [0, 0.1) is 17.6 Å². The molecule has 6 nitrogen and oxygen atoms in total. The average Bonchev–Trinajstić information content (AvgIpc) is 2.69. The van der Waals surface area contributed by atoms with Crippen LogP contribution in [-0.2, 0) is 4.79 Å². The van der Waals surface area contributed by atoms with E-state index in [1.165, 1.54) is 42.9 Å². The molecule has 0 unspecified atom stereocenters. The molecule has 0 aliphatic heterocycles. The summed E-state index contributed by atoms with van der Waals surface area (Å²) in [5.74, 6) is -3.24. The summed E-state index contributed by atoms with van der Waals surface area (Å²) < 4.78 is 27.9. The van der Waals surface area contributed by atoms with E-state index in [4.69, 9.17) is 5.73 Å². The van der Waals surface area contributed by atoms with Crippen LogP contribution in [0.5, 0.6) is 0 Å². The van der Waals surface area contributed by atoms with Gasteiger partial charge >= 0.3 is 0 Å². The Morgan fingerprint density at radius 2 is 1.83 bits per heavy atom. The maximum absolute atomic E-state index is 14.2. The molecular weight excluding hydrogens is 378 g/mol. The number of amides is 2. The number of pyridine rings is 2. The molecule has 3 N–H and O–H groups in total. The van der Waals surface area contributed by atoms with Gasteiger partial charge in [0.1, 0.15) is 5.82 Å². The van der Waals surface area contributed by atoms with Crippen LogP contribution in [0.15, 0.2) is 48.9 Å². The number of rotatable bonds is 5. The van der Waals surface area contributed by atoms with Gasteiger partial charge in [0, 0.05) is 46.8 Å². The number of anilines is 1. The van der Waals surface area contributed by atoms with Crippen molar-refractivity contribution in [3.63, 3.8) is 0 Å². The number of hydrogen-bond donors (Lipinski definition) is 2. The summed E-state index contributed by atoms with van der Waals surface area (Å²) in [5.41, 5.74) is 6.52. The van der Waals surface area contributed by atoms with E-state index in [1.807, 2.05) is 0 Å². The lowest BCUT2D eigenvalue weighted by molar-refractivity contribution is -0.118. The lowest BCUT2D eigenvalue weighted by atomic mass is 9.98. The Morgan fingerprint density at radius 3 is 2.52 bits per heavy atom. The third kappa shape index (κ3) is 4.11. The number of carbonyl (C=O) groups is 2. The highest BCUT2D eigenvalue weighted by molar-refractivity contribution is 6.05. The van der Waals surface area contributed by atoms with Crippen molar-refractivity contribution in [2.75, 3.05) is 5.32 Å². The zero-order chi connectivity index (χ0) is 21.1. The summed E-state index contributed by atoms with van der Waals surface area (Å²) in [5, 5.41) is 2.66. The van der Waals surface area contributed by atoms with Gasteiger partial charge in [-0.1, -0.05) is 26.0 Å². The standard InChI is InChI=1S/C21H18F2N4O2/c1-11(2)21(29)27-20-17(15(19(24)28)6-7-26-20)13-8-12(9-25-10-13)14-4-3-5-16(22)18(14)23/h3-11H,1-2H3,(H2,24,28)(H,26,27,29). The normalized spacial score (nSPS) is 10.8. The Hall–Kier alpha value is -3.68. The van der Waals surface area contributed by atoms with Gasteiger partial charge in [-0.25, -0.2) is 13.8 Å². The van der Waals surface area contributed by atoms with Crippen LogP contribution in [0.25, 0.3) is 22.3 Å². The first kappa shape index (κ1) is 20.1. The third-order valence-electron chi connectivity index (χ3n) is 4.27. The number of nitrogens with two attached hydrogens (primary N) is 1. The minimum atomic E-state index is -1.01. The maximum Gasteiger partial charge on any atom is 0.249 e. The van der Waals surface area contributed by atoms with Crippen molar-refractivity contribution in [3.8, 4) is 22.3 Å². The SMILES string of the molecule is CC(C)C(=O)Nc1nccc(C(N)=O)c1-c1cncc(-c2cccc(F)c2F)c1. The van der Waals surface area contributed by atoms with Crippen molar-refractivity contribution >= 4 is 17.6 Å². The first-order chi connectivity index (χ1) is 13.8. The number of primary amides is 1. The fraction of sp³-hybridized carbons (Fsp3) is 0.143. The van der Waals surface area contributed by atoms with Crippen LogP contribution in [0.1, 0.15) is 24.2 Å². The lowest BCUT2D eigenvalue weighted by Crippen LogP contribution is -2.21. The van der Waals surface area contributed by atoms with Gasteiger partial charge in [-0.15, -0.1) is 0 Å². The van der Waals surface area contributed by atoms with E-state index in [9.17, 15) is 18.4 Å². The molecule has 29 heavy (non-hydrogen) atoms. The second-order valence-electron chi connectivity index (χ2n) is 6.65. The average molecular weight is 396 g/mol. The monoisotopic (exact) mass is 396 g/mol. The van der Waals surface area contributed by atoms with E-state index < -0.39 is 17.5 Å². The van der Waals surface area contributed by atoms with E-state index in [2.05, 4.69) is 15.3 Å². The number of hydrogen-bond acceptors (Lipinski definition) is 4. The van der Waals surface area contributed by atoms with E-state index >= 15 is 0 Å². The second kappa shape index (κ2) is 8.14. The highest BCUT2D eigenvalue weighted by Crippen LogP contribution is 2.33. The Balaban J connectivity index is 2.19. The summed E-state index contributed by atoms with van der Waals surface area (Å²) in [6, 6.07) is 6.76. The van der Waals surface area contributed by atoms with Gasteiger partial charge in [0.05, 0.1) is 5.56 Å². The van der Waals surface area contributed by atoms with Crippen molar-refractivity contribution in [3.05, 3.63) is 66.1 Å². The minimum absolute atomic E-state index is 0.0108. The highest BCUT2D eigenvalue weighted by atomic mass is 19.2. The van der Waals surface area contributed by atoms with E-state index in [0.29, 0.717) is 11.1 Å². The van der Waals surface area contributed by atoms with E-state index in [0.717, 1.165) is 6.07 Å².